The quantitative estimate of drug-likeness (QED) is 0.914. The summed E-state index contributed by atoms with van der Waals surface area (Å²) in [6.07, 6.45) is 2.53. The van der Waals surface area contributed by atoms with E-state index in [1.807, 2.05) is 35.2 Å². The third-order valence-corrected chi connectivity index (χ3v) is 5.02. The molecule has 2 aromatic carbocycles. The summed E-state index contributed by atoms with van der Waals surface area (Å²) in [7, 11) is 0. The zero-order chi connectivity index (χ0) is 17.2. The first-order valence-corrected chi connectivity index (χ1v) is 8.92. The summed E-state index contributed by atoms with van der Waals surface area (Å²) in [5, 5.41) is 3.00. The number of amides is 2. The van der Waals surface area contributed by atoms with Gasteiger partial charge in [0.25, 0.3) is 0 Å². The number of hydrogen-bond acceptors (Lipinski definition) is 2. The summed E-state index contributed by atoms with van der Waals surface area (Å²) < 4.78 is 0. The number of likely N-dealkylation sites (tertiary alicyclic amines) is 1. The third-order valence-electron chi connectivity index (χ3n) is 5.02. The Morgan fingerprint density at radius 2 is 1.80 bits per heavy atom. The summed E-state index contributed by atoms with van der Waals surface area (Å²) in [6.45, 7) is 1.08. The molecule has 1 aliphatic carbocycles. The van der Waals surface area contributed by atoms with Crippen LogP contribution in [0.4, 0.5) is 0 Å². The number of benzene rings is 2. The van der Waals surface area contributed by atoms with E-state index in [9.17, 15) is 9.59 Å². The SMILES string of the molecule is O=C(NCc1cccc(-c2ccccc2)c1)C1CC(=O)N(C2CC2)C1. The van der Waals surface area contributed by atoms with Crippen LogP contribution in [0.3, 0.4) is 0 Å². The monoisotopic (exact) mass is 334 g/mol. The van der Waals surface area contributed by atoms with Crippen LogP contribution in [-0.2, 0) is 16.1 Å². The molecule has 1 aliphatic heterocycles. The van der Waals surface area contributed by atoms with Gasteiger partial charge in [0.05, 0.1) is 5.92 Å². The molecule has 1 unspecified atom stereocenters. The van der Waals surface area contributed by atoms with Gasteiger partial charge in [0.15, 0.2) is 0 Å². The van der Waals surface area contributed by atoms with Gasteiger partial charge in [-0.3, -0.25) is 9.59 Å². The molecule has 2 aliphatic rings. The van der Waals surface area contributed by atoms with Crippen molar-refractivity contribution in [2.45, 2.75) is 31.8 Å². The van der Waals surface area contributed by atoms with E-state index >= 15 is 0 Å². The molecule has 2 aromatic rings. The Bertz CT molecular complexity index is 783. The van der Waals surface area contributed by atoms with E-state index in [0.717, 1.165) is 29.5 Å². The lowest BCUT2D eigenvalue weighted by Crippen LogP contribution is -2.33. The maximum atomic E-state index is 12.4. The number of carbonyl (C=O) groups is 2. The summed E-state index contributed by atoms with van der Waals surface area (Å²) in [4.78, 5) is 26.3. The van der Waals surface area contributed by atoms with Crippen LogP contribution in [0.2, 0.25) is 0 Å². The van der Waals surface area contributed by atoms with Crippen molar-refractivity contribution < 1.29 is 9.59 Å². The van der Waals surface area contributed by atoms with Crippen molar-refractivity contribution in [3.63, 3.8) is 0 Å². The van der Waals surface area contributed by atoms with Crippen molar-refractivity contribution >= 4 is 11.8 Å². The number of carbonyl (C=O) groups excluding carboxylic acids is 2. The van der Waals surface area contributed by atoms with Crippen LogP contribution in [0, 0.1) is 5.92 Å². The van der Waals surface area contributed by atoms with Gasteiger partial charge in [-0.2, -0.15) is 0 Å². The van der Waals surface area contributed by atoms with Gasteiger partial charge in [-0.1, -0.05) is 48.5 Å². The van der Waals surface area contributed by atoms with Gasteiger partial charge in [-0.15, -0.1) is 0 Å². The first-order chi connectivity index (χ1) is 12.2. The van der Waals surface area contributed by atoms with Crippen LogP contribution < -0.4 is 5.32 Å². The predicted molar refractivity (Wildman–Crippen MR) is 96.6 cm³/mol. The van der Waals surface area contributed by atoms with E-state index in [4.69, 9.17) is 0 Å². The lowest BCUT2D eigenvalue weighted by molar-refractivity contribution is -0.129. The zero-order valence-electron chi connectivity index (χ0n) is 14.2. The molecule has 1 N–H and O–H groups in total. The van der Waals surface area contributed by atoms with Crippen LogP contribution in [0.5, 0.6) is 0 Å². The Labute approximate surface area is 147 Å². The fourth-order valence-corrected chi connectivity index (χ4v) is 3.47. The van der Waals surface area contributed by atoms with Gasteiger partial charge < -0.3 is 10.2 Å². The molecule has 1 heterocycles. The van der Waals surface area contributed by atoms with Crippen molar-refractivity contribution in [1.82, 2.24) is 10.2 Å². The van der Waals surface area contributed by atoms with Crippen LogP contribution in [0.15, 0.2) is 54.6 Å². The molecule has 0 bridgehead atoms. The van der Waals surface area contributed by atoms with E-state index in [1.165, 1.54) is 0 Å². The van der Waals surface area contributed by atoms with Gasteiger partial charge in [0, 0.05) is 25.6 Å². The van der Waals surface area contributed by atoms with Gasteiger partial charge in [-0.05, 0) is 35.6 Å². The molecule has 25 heavy (non-hydrogen) atoms. The fraction of sp³-hybridized carbons (Fsp3) is 0.333. The molecule has 4 nitrogen and oxygen atoms in total. The third kappa shape index (κ3) is 3.58. The van der Waals surface area contributed by atoms with Gasteiger partial charge in [0.2, 0.25) is 11.8 Å². The average molecular weight is 334 g/mol. The van der Waals surface area contributed by atoms with Crippen LogP contribution >= 0.6 is 0 Å². The maximum absolute atomic E-state index is 12.4. The molecule has 4 rings (SSSR count). The summed E-state index contributed by atoms with van der Waals surface area (Å²) in [5.74, 6) is -0.0826. The second kappa shape index (κ2) is 6.71. The second-order valence-electron chi connectivity index (χ2n) is 6.96. The molecule has 2 fully saturated rings. The molecule has 2 amide bonds. The highest BCUT2D eigenvalue weighted by Crippen LogP contribution is 2.32. The van der Waals surface area contributed by atoms with Crippen molar-refractivity contribution in [3.05, 3.63) is 60.2 Å². The molecule has 1 saturated carbocycles. The minimum Gasteiger partial charge on any atom is -0.352 e. The van der Waals surface area contributed by atoms with Crippen LogP contribution in [0.1, 0.15) is 24.8 Å². The maximum Gasteiger partial charge on any atom is 0.225 e. The van der Waals surface area contributed by atoms with Crippen LogP contribution in [0.25, 0.3) is 11.1 Å². The molecule has 128 valence electrons. The van der Waals surface area contributed by atoms with Crippen molar-refractivity contribution in [3.8, 4) is 11.1 Å². The fourth-order valence-electron chi connectivity index (χ4n) is 3.47. The summed E-state index contributed by atoms with van der Waals surface area (Å²) in [6, 6.07) is 18.8. The molecular formula is C21H22N2O2. The van der Waals surface area contributed by atoms with Gasteiger partial charge in [-0.25, -0.2) is 0 Å². The highest BCUT2D eigenvalue weighted by Gasteiger charge is 2.41. The first-order valence-electron chi connectivity index (χ1n) is 8.92. The van der Waals surface area contributed by atoms with E-state index in [1.54, 1.807) is 0 Å². The molecule has 4 heteroatoms. The molecular weight excluding hydrogens is 312 g/mol. The molecule has 0 radical (unpaired) electrons. The highest BCUT2D eigenvalue weighted by atomic mass is 16.2. The van der Waals surface area contributed by atoms with Gasteiger partial charge >= 0.3 is 0 Å². The predicted octanol–water partition coefficient (Wildman–Crippen LogP) is 2.98. The van der Waals surface area contributed by atoms with E-state index in [-0.39, 0.29) is 17.7 Å². The summed E-state index contributed by atoms with van der Waals surface area (Å²) >= 11 is 0. The summed E-state index contributed by atoms with van der Waals surface area (Å²) in [5.41, 5.74) is 3.37. The molecule has 1 saturated heterocycles. The first kappa shape index (κ1) is 15.9. The highest BCUT2D eigenvalue weighted by molar-refractivity contribution is 5.89. The lowest BCUT2D eigenvalue weighted by Gasteiger charge is -2.15. The molecule has 1 atom stereocenters. The lowest BCUT2D eigenvalue weighted by atomic mass is 10.0. The Kier molecular flexibility index (Phi) is 4.26. The van der Waals surface area contributed by atoms with E-state index < -0.39 is 0 Å². The average Bonchev–Trinajstić information content (AvgIpc) is 3.42. The normalized spacial score (nSPS) is 19.9. The number of rotatable bonds is 5. The molecule has 0 spiro atoms. The minimum absolute atomic E-state index is 0.0124. The Hall–Kier alpha value is -2.62. The van der Waals surface area contributed by atoms with Gasteiger partial charge in [0.1, 0.15) is 0 Å². The number of hydrogen-bond donors (Lipinski definition) is 1. The zero-order valence-corrected chi connectivity index (χ0v) is 14.2. The Morgan fingerprint density at radius 1 is 1.04 bits per heavy atom. The van der Waals surface area contributed by atoms with Crippen molar-refractivity contribution in [2.24, 2.45) is 5.92 Å². The minimum atomic E-state index is -0.203. The van der Waals surface area contributed by atoms with Crippen molar-refractivity contribution in [2.75, 3.05) is 6.54 Å². The second-order valence-corrected chi connectivity index (χ2v) is 6.96. The molecule has 0 aromatic heterocycles. The van der Waals surface area contributed by atoms with E-state index in [2.05, 4.69) is 29.6 Å². The van der Waals surface area contributed by atoms with Crippen molar-refractivity contribution in [1.29, 1.82) is 0 Å². The Balaban J connectivity index is 1.37. The number of nitrogens with one attached hydrogen (secondary N) is 1. The van der Waals surface area contributed by atoms with E-state index in [0.29, 0.717) is 25.6 Å². The van der Waals surface area contributed by atoms with Crippen LogP contribution in [-0.4, -0.2) is 29.3 Å². The topological polar surface area (TPSA) is 49.4 Å². The standard InChI is InChI=1S/C21H22N2O2/c24-20-12-18(14-23(20)19-9-10-19)21(25)22-13-15-5-4-8-17(11-15)16-6-2-1-3-7-16/h1-8,11,18-19H,9-10,12-14H2,(H,22,25). The smallest absolute Gasteiger partial charge is 0.225 e. The number of nitrogens with zero attached hydrogens (tertiary/aromatic N) is 1. The Morgan fingerprint density at radius 3 is 2.56 bits per heavy atom. The largest absolute Gasteiger partial charge is 0.352 e.